The molecule has 18 heavy (non-hydrogen) atoms. The molecular weight excluding hydrogens is 250 g/mol. The lowest BCUT2D eigenvalue weighted by atomic mass is 9.91. The first-order valence-electron chi connectivity index (χ1n) is 6.81. The smallest absolute Gasteiger partial charge is 0.150 e. The molecule has 0 amide bonds. The minimum atomic E-state index is -2.78. The number of piperazine rings is 1. The average Bonchev–Trinajstić information content (AvgIpc) is 2.69. The average molecular weight is 275 g/mol. The second-order valence-electron chi connectivity index (χ2n) is 5.76. The highest BCUT2D eigenvalue weighted by Gasteiger charge is 2.34. The molecule has 0 aromatic rings. The highest BCUT2D eigenvalue weighted by atomic mass is 32.2. The normalized spacial score (nSPS) is 31.6. The molecule has 2 aliphatic rings. The number of rotatable bonds is 4. The van der Waals surface area contributed by atoms with Gasteiger partial charge in [-0.1, -0.05) is 0 Å². The van der Waals surface area contributed by atoms with Gasteiger partial charge in [-0.05, 0) is 31.8 Å². The van der Waals surface area contributed by atoms with Crippen molar-refractivity contribution in [2.45, 2.75) is 6.42 Å². The summed E-state index contributed by atoms with van der Waals surface area (Å²) in [7, 11) is -0.642. The summed E-state index contributed by atoms with van der Waals surface area (Å²) in [4.78, 5) is 4.76. The molecular formula is C12H25N3O2S. The Kier molecular flexibility index (Phi) is 4.64. The number of likely N-dealkylation sites (N-methyl/N-ethyl adjacent to an activating group) is 1. The van der Waals surface area contributed by atoms with Crippen molar-refractivity contribution in [3.63, 3.8) is 0 Å². The van der Waals surface area contributed by atoms with Crippen molar-refractivity contribution in [2.75, 3.05) is 57.8 Å². The first kappa shape index (κ1) is 14.2. The Balaban J connectivity index is 1.86. The molecule has 0 saturated carbocycles. The van der Waals surface area contributed by atoms with Gasteiger partial charge in [0.25, 0.3) is 0 Å². The van der Waals surface area contributed by atoms with Gasteiger partial charge in [-0.3, -0.25) is 0 Å². The van der Waals surface area contributed by atoms with Crippen LogP contribution in [0.4, 0.5) is 0 Å². The van der Waals surface area contributed by atoms with Crippen LogP contribution < -0.4 is 5.73 Å². The summed E-state index contributed by atoms with van der Waals surface area (Å²) in [6.45, 7) is 5.91. The molecule has 0 spiro atoms. The van der Waals surface area contributed by atoms with Crippen LogP contribution >= 0.6 is 0 Å². The first-order chi connectivity index (χ1) is 8.50. The van der Waals surface area contributed by atoms with E-state index in [1.807, 2.05) is 0 Å². The maximum Gasteiger partial charge on any atom is 0.150 e. The van der Waals surface area contributed by atoms with Crippen LogP contribution in [0.5, 0.6) is 0 Å². The van der Waals surface area contributed by atoms with E-state index in [9.17, 15) is 8.42 Å². The predicted octanol–water partition coefficient (Wildman–Crippen LogP) is -0.757. The van der Waals surface area contributed by atoms with Crippen LogP contribution in [-0.2, 0) is 9.84 Å². The molecule has 2 unspecified atom stereocenters. The van der Waals surface area contributed by atoms with Gasteiger partial charge in [-0.25, -0.2) is 8.42 Å². The minimum absolute atomic E-state index is 0.277. The van der Waals surface area contributed by atoms with Crippen LogP contribution in [0.15, 0.2) is 0 Å². The van der Waals surface area contributed by atoms with E-state index >= 15 is 0 Å². The lowest BCUT2D eigenvalue weighted by Crippen LogP contribution is -2.48. The van der Waals surface area contributed by atoms with Gasteiger partial charge in [0.05, 0.1) is 11.5 Å². The maximum absolute atomic E-state index is 11.5. The van der Waals surface area contributed by atoms with Gasteiger partial charge in [0.2, 0.25) is 0 Å². The zero-order valence-electron chi connectivity index (χ0n) is 11.2. The summed E-state index contributed by atoms with van der Waals surface area (Å²) >= 11 is 0. The molecule has 2 heterocycles. The fourth-order valence-electron chi connectivity index (χ4n) is 2.97. The molecule has 2 atom stereocenters. The van der Waals surface area contributed by atoms with Crippen molar-refractivity contribution in [2.24, 2.45) is 17.6 Å². The predicted molar refractivity (Wildman–Crippen MR) is 73.2 cm³/mol. The molecule has 0 aromatic carbocycles. The molecule has 5 nitrogen and oxygen atoms in total. The van der Waals surface area contributed by atoms with E-state index in [4.69, 9.17) is 5.73 Å². The van der Waals surface area contributed by atoms with E-state index in [-0.39, 0.29) is 5.92 Å². The largest absolute Gasteiger partial charge is 0.330 e. The number of sulfone groups is 1. The van der Waals surface area contributed by atoms with Crippen LogP contribution in [0, 0.1) is 11.8 Å². The summed E-state index contributed by atoms with van der Waals surface area (Å²) in [5, 5.41) is 0. The Morgan fingerprint density at radius 3 is 2.44 bits per heavy atom. The van der Waals surface area contributed by atoms with E-state index in [0.29, 0.717) is 24.0 Å². The molecule has 2 fully saturated rings. The highest BCUT2D eigenvalue weighted by molar-refractivity contribution is 7.91. The Morgan fingerprint density at radius 1 is 1.28 bits per heavy atom. The van der Waals surface area contributed by atoms with Crippen molar-refractivity contribution in [1.82, 2.24) is 9.80 Å². The van der Waals surface area contributed by atoms with Crippen molar-refractivity contribution < 1.29 is 8.42 Å². The molecule has 2 saturated heterocycles. The van der Waals surface area contributed by atoms with Crippen LogP contribution in [0.25, 0.3) is 0 Å². The van der Waals surface area contributed by atoms with Gasteiger partial charge in [0, 0.05) is 32.7 Å². The van der Waals surface area contributed by atoms with E-state index < -0.39 is 9.84 Å². The molecule has 0 aromatic heterocycles. The third kappa shape index (κ3) is 3.66. The van der Waals surface area contributed by atoms with E-state index in [1.165, 1.54) is 0 Å². The number of nitrogens with two attached hydrogens (primary N) is 1. The zero-order valence-corrected chi connectivity index (χ0v) is 12.0. The van der Waals surface area contributed by atoms with Gasteiger partial charge >= 0.3 is 0 Å². The van der Waals surface area contributed by atoms with E-state index in [2.05, 4.69) is 16.8 Å². The van der Waals surface area contributed by atoms with Gasteiger partial charge in [-0.2, -0.15) is 0 Å². The number of hydrogen-bond acceptors (Lipinski definition) is 5. The fraction of sp³-hybridized carbons (Fsp3) is 1.00. The minimum Gasteiger partial charge on any atom is -0.330 e. The van der Waals surface area contributed by atoms with E-state index in [1.54, 1.807) is 0 Å². The second kappa shape index (κ2) is 5.86. The number of hydrogen-bond donors (Lipinski definition) is 1. The SMILES string of the molecule is CN1CCN(CC(CN)C2CCS(=O)(=O)C2)CC1. The Morgan fingerprint density at radius 2 is 1.94 bits per heavy atom. The third-order valence-electron chi connectivity index (χ3n) is 4.33. The lowest BCUT2D eigenvalue weighted by Gasteiger charge is -2.35. The summed E-state index contributed by atoms with van der Waals surface area (Å²) in [6.07, 6.45) is 0.804. The highest BCUT2D eigenvalue weighted by Crippen LogP contribution is 2.26. The van der Waals surface area contributed by atoms with Crippen molar-refractivity contribution in [1.29, 1.82) is 0 Å². The Hall–Kier alpha value is -0.170. The first-order valence-corrected chi connectivity index (χ1v) is 8.63. The van der Waals surface area contributed by atoms with Crippen LogP contribution in [0.2, 0.25) is 0 Å². The van der Waals surface area contributed by atoms with Crippen molar-refractivity contribution in [3.05, 3.63) is 0 Å². The van der Waals surface area contributed by atoms with Crippen LogP contribution in [-0.4, -0.2) is 76.0 Å². The molecule has 0 bridgehead atoms. The van der Waals surface area contributed by atoms with Gasteiger partial charge < -0.3 is 15.5 Å². The van der Waals surface area contributed by atoms with Crippen molar-refractivity contribution >= 4 is 9.84 Å². The summed E-state index contributed by atoms with van der Waals surface area (Å²) in [5.74, 6) is 1.32. The van der Waals surface area contributed by atoms with Crippen LogP contribution in [0.3, 0.4) is 0 Å². The molecule has 106 valence electrons. The molecule has 2 N–H and O–H groups in total. The molecule has 2 aliphatic heterocycles. The summed E-state index contributed by atoms with van der Waals surface area (Å²) in [5.41, 5.74) is 5.85. The van der Waals surface area contributed by atoms with Gasteiger partial charge in [-0.15, -0.1) is 0 Å². The molecule has 6 heteroatoms. The quantitative estimate of drug-likeness (QED) is 0.731. The van der Waals surface area contributed by atoms with Crippen LogP contribution in [0.1, 0.15) is 6.42 Å². The standard InChI is InChI=1S/C12H25N3O2S/c1-14-3-5-15(6-4-14)9-12(8-13)11-2-7-18(16,17)10-11/h11-12H,2-10,13H2,1H3. The van der Waals surface area contributed by atoms with Gasteiger partial charge in [0.15, 0.2) is 9.84 Å². The topological polar surface area (TPSA) is 66.6 Å². The molecule has 2 rings (SSSR count). The fourth-order valence-corrected chi connectivity index (χ4v) is 4.89. The number of nitrogens with zero attached hydrogens (tertiary/aromatic N) is 2. The lowest BCUT2D eigenvalue weighted by molar-refractivity contribution is 0.125. The van der Waals surface area contributed by atoms with E-state index in [0.717, 1.165) is 39.1 Å². The summed E-state index contributed by atoms with van der Waals surface area (Å²) < 4.78 is 23.1. The summed E-state index contributed by atoms with van der Waals surface area (Å²) in [6, 6.07) is 0. The second-order valence-corrected chi connectivity index (χ2v) is 7.99. The Labute approximate surface area is 110 Å². The zero-order chi connectivity index (χ0) is 13.2. The maximum atomic E-state index is 11.5. The van der Waals surface area contributed by atoms with Gasteiger partial charge in [0.1, 0.15) is 0 Å². The molecule has 0 radical (unpaired) electrons. The molecule has 0 aliphatic carbocycles. The Bertz CT molecular complexity index is 364. The third-order valence-corrected chi connectivity index (χ3v) is 6.12. The monoisotopic (exact) mass is 275 g/mol. The van der Waals surface area contributed by atoms with Crippen molar-refractivity contribution in [3.8, 4) is 0 Å².